The highest BCUT2D eigenvalue weighted by atomic mass is 19.1. The molecule has 1 N–H and O–H groups in total. The van der Waals surface area contributed by atoms with E-state index >= 15 is 0 Å². The van der Waals surface area contributed by atoms with Crippen molar-refractivity contribution in [3.63, 3.8) is 0 Å². The predicted octanol–water partition coefficient (Wildman–Crippen LogP) is 3.65. The fourth-order valence-corrected chi connectivity index (χ4v) is 7.11. The highest BCUT2D eigenvalue weighted by Crippen LogP contribution is 2.47. The summed E-state index contributed by atoms with van der Waals surface area (Å²) in [7, 11) is 0. The van der Waals surface area contributed by atoms with E-state index in [1.807, 2.05) is 18.2 Å². The maximum Gasteiger partial charge on any atom is 0.252 e. The number of fused-ring (bicyclic) bond motifs is 4. The van der Waals surface area contributed by atoms with Crippen molar-refractivity contribution in [2.75, 3.05) is 55.7 Å². The molecule has 1 aliphatic carbocycles. The van der Waals surface area contributed by atoms with Crippen molar-refractivity contribution in [3.05, 3.63) is 53.3 Å². The van der Waals surface area contributed by atoms with Crippen LogP contribution in [-0.2, 0) is 6.54 Å². The van der Waals surface area contributed by atoms with Gasteiger partial charge in [-0.05, 0) is 61.4 Å². The van der Waals surface area contributed by atoms with Crippen molar-refractivity contribution in [2.24, 2.45) is 11.3 Å². The van der Waals surface area contributed by atoms with E-state index in [1.54, 1.807) is 12.1 Å². The number of hydrogen-bond donors (Lipinski definition) is 1. The molecular weight excluding hydrogens is 443 g/mol. The molecule has 1 amide bonds. The first-order valence-electron chi connectivity index (χ1n) is 13.1. The fourth-order valence-electron chi connectivity index (χ4n) is 7.11. The summed E-state index contributed by atoms with van der Waals surface area (Å²) in [4.78, 5) is 19.4. The molecule has 5 aliphatic rings. The van der Waals surface area contributed by atoms with Gasteiger partial charge in [-0.15, -0.1) is 0 Å². The lowest BCUT2D eigenvalue weighted by atomic mass is 9.65. The van der Waals surface area contributed by atoms with Crippen molar-refractivity contribution in [3.8, 4) is 5.75 Å². The van der Waals surface area contributed by atoms with E-state index in [9.17, 15) is 9.18 Å². The van der Waals surface area contributed by atoms with E-state index in [2.05, 4.69) is 26.1 Å². The largest absolute Gasteiger partial charge is 0.489 e. The number of nitrogens with zero attached hydrogens (tertiary/aromatic N) is 3. The Balaban J connectivity index is 0.935. The zero-order valence-electron chi connectivity index (χ0n) is 20.1. The molecule has 1 spiro atoms. The van der Waals surface area contributed by atoms with Crippen LogP contribution in [0.15, 0.2) is 36.4 Å². The van der Waals surface area contributed by atoms with Gasteiger partial charge in [-0.1, -0.05) is 12.1 Å². The summed E-state index contributed by atoms with van der Waals surface area (Å²) in [6, 6.07) is 11.6. The normalized spacial score (nSPS) is 25.4. The van der Waals surface area contributed by atoms with Gasteiger partial charge in [0.05, 0.1) is 17.4 Å². The molecule has 2 aromatic carbocycles. The minimum atomic E-state index is -0.0981. The molecule has 0 radical (unpaired) electrons. The quantitative estimate of drug-likeness (QED) is 0.733. The number of halogens is 1. The minimum Gasteiger partial charge on any atom is -0.489 e. The van der Waals surface area contributed by atoms with Crippen molar-refractivity contribution in [1.29, 1.82) is 0 Å². The van der Waals surface area contributed by atoms with Gasteiger partial charge in [0, 0.05) is 56.8 Å². The zero-order chi connectivity index (χ0) is 23.6. The summed E-state index contributed by atoms with van der Waals surface area (Å²) in [5, 5.41) is 2.92. The van der Waals surface area contributed by atoms with Crippen LogP contribution in [0.2, 0.25) is 0 Å². The Bertz CT molecular complexity index is 1150. The van der Waals surface area contributed by atoms with Gasteiger partial charge in [-0.2, -0.15) is 0 Å². The summed E-state index contributed by atoms with van der Waals surface area (Å²) in [5.74, 6) is 1.52. The molecule has 35 heavy (non-hydrogen) atoms. The SMILES string of the molecule is O=C1NCc2cc3c(cc21)OCC1CN(CC2CCC4(CC2)CN(c2ccccc2F)C4)CCN31. The Morgan fingerprint density at radius 3 is 2.74 bits per heavy atom. The van der Waals surface area contributed by atoms with Gasteiger partial charge in [-0.25, -0.2) is 4.39 Å². The first kappa shape index (κ1) is 21.5. The zero-order valence-corrected chi connectivity index (χ0v) is 20.1. The Morgan fingerprint density at radius 2 is 1.91 bits per heavy atom. The first-order valence-corrected chi connectivity index (χ1v) is 13.1. The van der Waals surface area contributed by atoms with Crippen LogP contribution in [0.4, 0.5) is 15.8 Å². The fraction of sp³-hybridized carbons (Fsp3) is 0.536. The molecule has 6 nitrogen and oxygen atoms in total. The number of amides is 1. The molecule has 1 saturated carbocycles. The number of nitrogens with one attached hydrogen (secondary N) is 1. The molecule has 7 rings (SSSR count). The van der Waals surface area contributed by atoms with Crippen LogP contribution in [0.25, 0.3) is 0 Å². The predicted molar refractivity (Wildman–Crippen MR) is 134 cm³/mol. The van der Waals surface area contributed by atoms with E-state index in [-0.39, 0.29) is 11.7 Å². The molecule has 4 heterocycles. The number of hydrogen-bond acceptors (Lipinski definition) is 5. The molecule has 1 unspecified atom stereocenters. The van der Waals surface area contributed by atoms with Crippen LogP contribution in [0.3, 0.4) is 0 Å². The third-order valence-electron chi connectivity index (χ3n) is 9.10. The second-order valence-electron chi connectivity index (χ2n) is 11.3. The van der Waals surface area contributed by atoms with Crippen LogP contribution in [0, 0.1) is 17.2 Å². The monoisotopic (exact) mass is 476 g/mol. The van der Waals surface area contributed by atoms with Crippen LogP contribution >= 0.6 is 0 Å². The summed E-state index contributed by atoms with van der Waals surface area (Å²) in [5.41, 5.74) is 4.16. The van der Waals surface area contributed by atoms with Gasteiger partial charge in [0.2, 0.25) is 0 Å². The van der Waals surface area contributed by atoms with Crippen molar-refractivity contribution in [1.82, 2.24) is 10.2 Å². The molecular formula is C28H33FN4O2. The van der Waals surface area contributed by atoms with Crippen molar-refractivity contribution in [2.45, 2.75) is 38.3 Å². The molecule has 184 valence electrons. The van der Waals surface area contributed by atoms with Crippen LogP contribution in [0.5, 0.6) is 5.75 Å². The Hall–Kier alpha value is -2.80. The Kier molecular flexibility index (Phi) is 4.98. The lowest BCUT2D eigenvalue weighted by Crippen LogP contribution is -2.59. The summed E-state index contributed by atoms with van der Waals surface area (Å²) in [6.45, 7) is 7.61. The van der Waals surface area contributed by atoms with Gasteiger partial charge in [0.15, 0.2) is 0 Å². The molecule has 1 atom stereocenters. The average molecular weight is 477 g/mol. The summed E-state index contributed by atoms with van der Waals surface area (Å²) < 4.78 is 20.3. The standard InChI is InChI=1S/C28H33FN4O2/c29-23-3-1-2-4-24(23)32-17-28(18-32)7-5-19(6-8-28)14-31-9-10-33-21(15-31)16-35-26-12-22-20(11-25(26)33)13-30-27(22)34/h1-4,11-12,19,21H,5-10,13-18H2,(H,30,34). The number of para-hydroxylation sites is 1. The third kappa shape index (κ3) is 3.66. The van der Waals surface area contributed by atoms with Crippen LogP contribution in [-0.4, -0.2) is 62.7 Å². The van der Waals surface area contributed by atoms with Crippen molar-refractivity contribution >= 4 is 17.3 Å². The topological polar surface area (TPSA) is 48.1 Å². The van der Waals surface area contributed by atoms with E-state index in [0.717, 1.165) is 66.9 Å². The lowest BCUT2D eigenvalue weighted by Gasteiger charge is -2.55. The molecule has 7 heteroatoms. The second kappa shape index (κ2) is 8.12. The van der Waals surface area contributed by atoms with Gasteiger partial charge >= 0.3 is 0 Å². The third-order valence-corrected chi connectivity index (χ3v) is 9.10. The van der Waals surface area contributed by atoms with E-state index in [0.29, 0.717) is 24.6 Å². The van der Waals surface area contributed by atoms with Crippen LogP contribution in [0.1, 0.15) is 41.6 Å². The van der Waals surface area contributed by atoms with Gasteiger partial charge in [0.25, 0.3) is 5.91 Å². The first-order chi connectivity index (χ1) is 17.1. The van der Waals surface area contributed by atoms with E-state index < -0.39 is 0 Å². The number of piperazine rings is 1. The molecule has 0 bridgehead atoms. The average Bonchev–Trinajstić information content (AvgIpc) is 3.22. The van der Waals surface area contributed by atoms with Gasteiger partial charge in [0.1, 0.15) is 18.2 Å². The molecule has 2 saturated heterocycles. The maximum atomic E-state index is 14.1. The minimum absolute atomic E-state index is 0.00874. The number of benzene rings is 2. The maximum absolute atomic E-state index is 14.1. The Morgan fingerprint density at radius 1 is 1.09 bits per heavy atom. The molecule has 2 aromatic rings. The summed E-state index contributed by atoms with van der Waals surface area (Å²) >= 11 is 0. The lowest BCUT2D eigenvalue weighted by molar-refractivity contribution is 0.0805. The van der Waals surface area contributed by atoms with Crippen LogP contribution < -0.4 is 19.9 Å². The highest BCUT2D eigenvalue weighted by molar-refractivity contribution is 5.99. The van der Waals surface area contributed by atoms with E-state index in [4.69, 9.17) is 4.74 Å². The number of carbonyl (C=O) groups excluding carboxylic acids is 1. The van der Waals surface area contributed by atoms with Gasteiger partial charge in [-0.3, -0.25) is 9.69 Å². The molecule has 3 fully saturated rings. The summed E-state index contributed by atoms with van der Waals surface area (Å²) in [6.07, 6.45) is 5.09. The number of ether oxygens (including phenoxy) is 1. The number of rotatable bonds is 3. The highest BCUT2D eigenvalue weighted by Gasteiger charge is 2.46. The second-order valence-corrected chi connectivity index (χ2v) is 11.3. The number of carbonyl (C=O) groups is 1. The van der Waals surface area contributed by atoms with Gasteiger partial charge < -0.3 is 19.9 Å². The smallest absolute Gasteiger partial charge is 0.252 e. The molecule has 0 aromatic heterocycles. The Labute approximate surface area is 206 Å². The number of anilines is 2. The van der Waals surface area contributed by atoms with Crippen molar-refractivity contribution < 1.29 is 13.9 Å². The van der Waals surface area contributed by atoms with E-state index in [1.165, 1.54) is 32.2 Å². The molecule has 4 aliphatic heterocycles.